The summed E-state index contributed by atoms with van der Waals surface area (Å²) in [6.07, 6.45) is 3.93. The highest BCUT2D eigenvalue weighted by Crippen LogP contribution is 2.62. The molecule has 1 N–H and O–H groups in total. The molecule has 3 heteroatoms. The number of benzene rings is 1. The van der Waals surface area contributed by atoms with Gasteiger partial charge in [0.15, 0.2) is 0 Å². The van der Waals surface area contributed by atoms with Crippen molar-refractivity contribution >= 4 is 11.8 Å². The Morgan fingerprint density at radius 3 is 2.67 bits per heavy atom. The predicted molar refractivity (Wildman–Crippen MR) is 77.6 cm³/mol. The lowest BCUT2D eigenvalue weighted by atomic mass is 9.44. The second-order valence-electron chi connectivity index (χ2n) is 7.21. The molecule has 21 heavy (non-hydrogen) atoms. The smallest absolute Gasteiger partial charge is 0.309 e. The van der Waals surface area contributed by atoms with Crippen LogP contribution in [0.5, 0.6) is 0 Å². The summed E-state index contributed by atoms with van der Waals surface area (Å²) < 4.78 is 0. The molecule has 5 rings (SSSR count). The monoisotopic (exact) mass is 284 g/mol. The summed E-state index contributed by atoms with van der Waals surface area (Å²) in [6, 6.07) is 10.0. The zero-order valence-corrected chi connectivity index (χ0v) is 12.0. The summed E-state index contributed by atoms with van der Waals surface area (Å²) in [5.74, 6) is 0.115. The number of hydrogen-bond donors (Lipinski definition) is 1. The topological polar surface area (TPSA) is 54.4 Å². The van der Waals surface area contributed by atoms with Crippen LogP contribution in [0.3, 0.4) is 0 Å². The van der Waals surface area contributed by atoms with Crippen LogP contribution in [0.2, 0.25) is 0 Å². The number of carbonyl (C=O) groups excluding carboxylic acids is 1. The molecule has 0 aromatic heterocycles. The number of ketones is 1. The second-order valence-corrected chi connectivity index (χ2v) is 7.21. The third-order valence-corrected chi connectivity index (χ3v) is 6.16. The predicted octanol–water partition coefficient (Wildman–Crippen LogP) is 2.94. The molecule has 0 aliphatic heterocycles. The van der Waals surface area contributed by atoms with Gasteiger partial charge in [0.25, 0.3) is 0 Å². The van der Waals surface area contributed by atoms with E-state index in [0.29, 0.717) is 18.1 Å². The number of aliphatic carboxylic acids is 1. The molecule has 4 aliphatic carbocycles. The van der Waals surface area contributed by atoms with Crippen LogP contribution in [0.4, 0.5) is 0 Å². The first-order valence-electron chi connectivity index (χ1n) is 7.91. The fourth-order valence-electron chi connectivity index (χ4n) is 5.37. The van der Waals surface area contributed by atoms with Crippen LogP contribution in [-0.2, 0) is 16.0 Å². The maximum absolute atomic E-state index is 12.5. The minimum atomic E-state index is -0.671. The Kier molecular flexibility index (Phi) is 2.75. The number of hydrogen-bond acceptors (Lipinski definition) is 2. The van der Waals surface area contributed by atoms with Crippen LogP contribution in [-0.4, -0.2) is 16.9 Å². The first kappa shape index (κ1) is 13.1. The molecule has 1 aromatic rings. The standard InChI is InChI=1S/C18H20O3/c19-16-13-6-12-7-14(16)15(8-11-4-2-1-3-5-11)18(9-12,10-13)17(20)21/h1-5,12-15H,6-10H2,(H,20,21). The van der Waals surface area contributed by atoms with Crippen LogP contribution < -0.4 is 0 Å². The summed E-state index contributed by atoms with van der Waals surface area (Å²) >= 11 is 0. The van der Waals surface area contributed by atoms with Crippen LogP contribution in [0.15, 0.2) is 30.3 Å². The largest absolute Gasteiger partial charge is 0.481 e. The molecule has 5 unspecified atom stereocenters. The lowest BCUT2D eigenvalue weighted by Crippen LogP contribution is -2.60. The third-order valence-electron chi connectivity index (χ3n) is 6.16. The summed E-state index contributed by atoms with van der Waals surface area (Å²) in [4.78, 5) is 24.6. The van der Waals surface area contributed by atoms with Gasteiger partial charge in [0.1, 0.15) is 5.78 Å². The Morgan fingerprint density at radius 1 is 1.19 bits per heavy atom. The van der Waals surface area contributed by atoms with Gasteiger partial charge >= 0.3 is 5.97 Å². The Hall–Kier alpha value is -1.64. The van der Waals surface area contributed by atoms with Crippen molar-refractivity contribution in [1.82, 2.24) is 0 Å². The maximum atomic E-state index is 12.5. The highest BCUT2D eigenvalue weighted by atomic mass is 16.4. The molecule has 4 aliphatic rings. The molecule has 0 heterocycles. The van der Waals surface area contributed by atoms with E-state index in [-0.39, 0.29) is 17.8 Å². The second kappa shape index (κ2) is 4.43. The lowest BCUT2D eigenvalue weighted by molar-refractivity contribution is -0.181. The summed E-state index contributed by atoms with van der Waals surface area (Å²) in [7, 11) is 0. The molecule has 1 aromatic carbocycles. The van der Waals surface area contributed by atoms with Crippen molar-refractivity contribution in [1.29, 1.82) is 0 Å². The number of rotatable bonds is 3. The molecule has 0 saturated heterocycles. The van der Waals surface area contributed by atoms with Crippen molar-refractivity contribution in [3.8, 4) is 0 Å². The van der Waals surface area contributed by atoms with Crippen LogP contribution in [0.25, 0.3) is 0 Å². The van der Waals surface area contributed by atoms with Crippen molar-refractivity contribution in [3.63, 3.8) is 0 Å². The summed E-state index contributed by atoms with van der Waals surface area (Å²) in [6.45, 7) is 0. The highest BCUT2D eigenvalue weighted by molar-refractivity contribution is 5.90. The molecule has 4 saturated carbocycles. The lowest BCUT2D eigenvalue weighted by Gasteiger charge is -2.58. The van der Waals surface area contributed by atoms with Gasteiger partial charge in [-0.3, -0.25) is 9.59 Å². The first-order valence-corrected chi connectivity index (χ1v) is 7.91. The molecule has 110 valence electrons. The molecule has 0 amide bonds. The minimum absolute atomic E-state index is 0.0160. The fraction of sp³-hybridized carbons (Fsp3) is 0.556. The Bertz CT molecular complexity index is 594. The van der Waals surface area contributed by atoms with Gasteiger partial charge in [0.2, 0.25) is 0 Å². The number of Topliss-reactive ketones (excluding diaryl/α,β-unsaturated/α-hetero) is 1. The van der Waals surface area contributed by atoms with Crippen molar-refractivity contribution in [2.45, 2.75) is 32.1 Å². The molecule has 5 atom stereocenters. The summed E-state index contributed by atoms with van der Waals surface area (Å²) in [5, 5.41) is 9.90. The van der Waals surface area contributed by atoms with Gasteiger partial charge in [-0.15, -0.1) is 0 Å². The van der Waals surface area contributed by atoms with Crippen molar-refractivity contribution in [3.05, 3.63) is 35.9 Å². The molecule has 0 spiro atoms. The fourth-order valence-corrected chi connectivity index (χ4v) is 5.37. The van der Waals surface area contributed by atoms with Gasteiger partial charge < -0.3 is 5.11 Å². The third kappa shape index (κ3) is 1.79. The number of carbonyl (C=O) groups is 2. The normalized spacial score (nSPS) is 40.5. The SMILES string of the molecule is O=C1C2CC3CC1C(Cc1ccccc1)C(C(=O)O)(C3)C2. The zero-order chi connectivity index (χ0) is 14.6. The van der Waals surface area contributed by atoms with Crippen LogP contribution >= 0.6 is 0 Å². The first-order chi connectivity index (χ1) is 10.1. The van der Waals surface area contributed by atoms with E-state index in [2.05, 4.69) is 0 Å². The van der Waals surface area contributed by atoms with E-state index in [4.69, 9.17) is 0 Å². The molecule has 4 bridgehead atoms. The van der Waals surface area contributed by atoms with E-state index in [1.165, 1.54) is 0 Å². The maximum Gasteiger partial charge on any atom is 0.309 e. The Labute approximate surface area is 124 Å². The minimum Gasteiger partial charge on any atom is -0.481 e. The molecule has 3 nitrogen and oxygen atoms in total. The van der Waals surface area contributed by atoms with Gasteiger partial charge in [-0.05, 0) is 49.5 Å². The van der Waals surface area contributed by atoms with E-state index in [9.17, 15) is 14.7 Å². The van der Waals surface area contributed by atoms with Gasteiger partial charge in [-0.1, -0.05) is 30.3 Å². The molecular formula is C18H20O3. The zero-order valence-electron chi connectivity index (χ0n) is 12.0. The van der Waals surface area contributed by atoms with E-state index in [0.717, 1.165) is 31.2 Å². The molecule has 4 fully saturated rings. The average Bonchev–Trinajstić information content (AvgIpc) is 2.48. The number of carboxylic acids is 1. The van der Waals surface area contributed by atoms with E-state index < -0.39 is 11.4 Å². The van der Waals surface area contributed by atoms with E-state index in [1.807, 2.05) is 30.3 Å². The van der Waals surface area contributed by atoms with Gasteiger partial charge in [0.05, 0.1) is 5.41 Å². The van der Waals surface area contributed by atoms with Gasteiger partial charge in [-0.25, -0.2) is 0 Å². The van der Waals surface area contributed by atoms with Crippen molar-refractivity contribution < 1.29 is 14.7 Å². The molecule has 0 radical (unpaired) electrons. The average molecular weight is 284 g/mol. The van der Waals surface area contributed by atoms with Gasteiger partial charge in [-0.2, -0.15) is 0 Å². The Morgan fingerprint density at radius 2 is 1.95 bits per heavy atom. The van der Waals surface area contributed by atoms with Crippen molar-refractivity contribution in [2.75, 3.05) is 0 Å². The Balaban J connectivity index is 1.73. The molecular weight excluding hydrogens is 264 g/mol. The van der Waals surface area contributed by atoms with Crippen LogP contribution in [0, 0.1) is 29.1 Å². The van der Waals surface area contributed by atoms with E-state index >= 15 is 0 Å². The highest BCUT2D eigenvalue weighted by Gasteiger charge is 2.63. The van der Waals surface area contributed by atoms with Crippen LogP contribution in [0.1, 0.15) is 31.2 Å². The van der Waals surface area contributed by atoms with Crippen molar-refractivity contribution in [2.24, 2.45) is 29.1 Å². The van der Waals surface area contributed by atoms with E-state index in [1.54, 1.807) is 0 Å². The number of carboxylic acid groups (broad SMARTS) is 1. The van der Waals surface area contributed by atoms with Gasteiger partial charge in [0, 0.05) is 11.8 Å². The quantitative estimate of drug-likeness (QED) is 0.928. The summed E-state index contributed by atoms with van der Waals surface area (Å²) in [5.41, 5.74) is 0.503.